The molecule has 0 unspecified atom stereocenters. The predicted octanol–water partition coefficient (Wildman–Crippen LogP) is 1.57. The topological polar surface area (TPSA) is 156 Å². The minimum Gasteiger partial charge on any atom is -0.398 e. The maximum atomic E-state index is 6.15. The number of benzene rings is 2. The lowest BCUT2D eigenvalue weighted by Gasteiger charge is -2.10. The zero-order chi connectivity index (χ0) is 16.8. The number of para-hydroxylation sites is 1. The van der Waals surface area contributed by atoms with Crippen LogP contribution in [0.2, 0.25) is 0 Å². The Hall–Kier alpha value is -3.68. The molecule has 8 nitrogen and oxygen atoms in total. The molecule has 0 aliphatic rings. The van der Waals surface area contributed by atoms with Crippen LogP contribution in [0.5, 0.6) is 0 Å². The van der Waals surface area contributed by atoms with E-state index in [1.165, 1.54) is 6.33 Å². The summed E-state index contributed by atoms with van der Waals surface area (Å²) < 4.78 is 0. The van der Waals surface area contributed by atoms with Gasteiger partial charge in [-0.05, 0) is 24.3 Å². The summed E-state index contributed by atoms with van der Waals surface area (Å²) in [7, 11) is 0. The molecule has 24 heavy (non-hydrogen) atoms. The number of hydrogen-bond donors (Lipinski definition) is 4. The first-order valence-corrected chi connectivity index (χ1v) is 7.16. The minimum absolute atomic E-state index is 0.332. The SMILES string of the molecule is Nc1cc2ncnc(N)c2cc1-c1nc(N)c2cccc(N)c2n1. The Morgan fingerprint density at radius 1 is 0.750 bits per heavy atom. The molecule has 2 aromatic heterocycles. The Balaban J connectivity index is 2.04. The van der Waals surface area contributed by atoms with E-state index >= 15 is 0 Å². The molecule has 2 aromatic carbocycles. The van der Waals surface area contributed by atoms with Crippen molar-refractivity contribution in [2.45, 2.75) is 0 Å². The van der Waals surface area contributed by atoms with Gasteiger partial charge in [-0.15, -0.1) is 0 Å². The largest absolute Gasteiger partial charge is 0.398 e. The van der Waals surface area contributed by atoms with Crippen molar-refractivity contribution in [1.29, 1.82) is 0 Å². The first-order valence-electron chi connectivity index (χ1n) is 7.16. The number of aromatic nitrogens is 4. The molecule has 0 spiro atoms. The molecule has 0 radical (unpaired) electrons. The second-order valence-electron chi connectivity index (χ2n) is 5.39. The number of nitrogen functional groups attached to an aromatic ring is 4. The fourth-order valence-electron chi connectivity index (χ4n) is 2.65. The molecule has 0 saturated carbocycles. The lowest BCUT2D eigenvalue weighted by molar-refractivity contribution is 1.22. The van der Waals surface area contributed by atoms with Gasteiger partial charge in [0.05, 0.1) is 16.7 Å². The average Bonchev–Trinajstić information content (AvgIpc) is 2.55. The van der Waals surface area contributed by atoms with Crippen molar-refractivity contribution in [3.63, 3.8) is 0 Å². The van der Waals surface area contributed by atoms with E-state index in [9.17, 15) is 0 Å². The molecule has 0 saturated heterocycles. The van der Waals surface area contributed by atoms with Crippen LogP contribution in [0.25, 0.3) is 33.2 Å². The second-order valence-corrected chi connectivity index (χ2v) is 5.39. The van der Waals surface area contributed by atoms with Gasteiger partial charge in [0.15, 0.2) is 5.82 Å². The summed E-state index contributed by atoms with van der Waals surface area (Å²) in [4.78, 5) is 17.0. The average molecular weight is 318 g/mol. The van der Waals surface area contributed by atoms with Gasteiger partial charge in [0.25, 0.3) is 0 Å². The summed E-state index contributed by atoms with van der Waals surface area (Å²) in [6.07, 6.45) is 1.39. The molecular weight excluding hydrogens is 304 g/mol. The quantitative estimate of drug-likeness (QED) is 0.385. The number of nitrogens with zero attached hydrogens (tertiary/aromatic N) is 4. The monoisotopic (exact) mass is 318 g/mol. The van der Waals surface area contributed by atoms with Gasteiger partial charge in [0.2, 0.25) is 0 Å². The molecule has 2 heterocycles. The molecule has 0 aliphatic heterocycles. The maximum Gasteiger partial charge on any atom is 0.164 e. The summed E-state index contributed by atoms with van der Waals surface area (Å²) in [5.41, 5.74) is 26.9. The molecule has 0 atom stereocenters. The van der Waals surface area contributed by atoms with Crippen LogP contribution in [0.4, 0.5) is 23.0 Å². The molecule has 0 aliphatic carbocycles. The van der Waals surface area contributed by atoms with Crippen LogP contribution in [0, 0.1) is 0 Å². The van der Waals surface area contributed by atoms with E-state index in [4.69, 9.17) is 22.9 Å². The summed E-state index contributed by atoms with van der Waals surface area (Å²) in [5.74, 6) is 1.06. The van der Waals surface area contributed by atoms with Crippen LogP contribution in [0.1, 0.15) is 0 Å². The van der Waals surface area contributed by atoms with E-state index in [0.717, 1.165) is 0 Å². The van der Waals surface area contributed by atoms with Crippen LogP contribution in [-0.2, 0) is 0 Å². The van der Waals surface area contributed by atoms with E-state index in [0.29, 0.717) is 56.2 Å². The van der Waals surface area contributed by atoms with Crippen molar-refractivity contribution in [3.05, 3.63) is 36.7 Å². The Morgan fingerprint density at radius 3 is 2.42 bits per heavy atom. The molecule has 8 N–H and O–H groups in total. The van der Waals surface area contributed by atoms with Gasteiger partial charge in [-0.3, -0.25) is 0 Å². The summed E-state index contributed by atoms with van der Waals surface area (Å²) in [6, 6.07) is 8.86. The zero-order valence-corrected chi connectivity index (χ0v) is 12.6. The molecule has 8 heteroatoms. The van der Waals surface area contributed by atoms with Gasteiger partial charge in [0, 0.05) is 22.0 Å². The maximum absolute atomic E-state index is 6.15. The van der Waals surface area contributed by atoms with Crippen molar-refractivity contribution in [1.82, 2.24) is 19.9 Å². The molecule has 4 aromatic rings. The number of hydrogen-bond acceptors (Lipinski definition) is 8. The van der Waals surface area contributed by atoms with Crippen LogP contribution in [-0.4, -0.2) is 19.9 Å². The Kier molecular flexibility index (Phi) is 2.86. The van der Waals surface area contributed by atoms with Gasteiger partial charge in [0.1, 0.15) is 18.0 Å². The molecule has 4 rings (SSSR count). The first kappa shape index (κ1) is 13.9. The van der Waals surface area contributed by atoms with Crippen LogP contribution < -0.4 is 22.9 Å². The highest BCUT2D eigenvalue weighted by Crippen LogP contribution is 2.32. The van der Waals surface area contributed by atoms with E-state index < -0.39 is 0 Å². The molecular formula is C16H14N8. The van der Waals surface area contributed by atoms with Gasteiger partial charge < -0.3 is 22.9 Å². The highest BCUT2D eigenvalue weighted by Gasteiger charge is 2.14. The van der Waals surface area contributed by atoms with Crippen LogP contribution >= 0.6 is 0 Å². The van der Waals surface area contributed by atoms with Crippen molar-refractivity contribution in [2.75, 3.05) is 22.9 Å². The normalized spacial score (nSPS) is 11.2. The first-order chi connectivity index (χ1) is 11.5. The Labute approximate surface area is 136 Å². The zero-order valence-electron chi connectivity index (χ0n) is 12.6. The van der Waals surface area contributed by atoms with E-state index in [1.807, 2.05) is 6.07 Å². The lowest BCUT2D eigenvalue weighted by atomic mass is 10.1. The van der Waals surface area contributed by atoms with Crippen molar-refractivity contribution in [2.24, 2.45) is 0 Å². The third-order valence-electron chi connectivity index (χ3n) is 3.87. The van der Waals surface area contributed by atoms with Gasteiger partial charge in [-0.1, -0.05) is 6.07 Å². The van der Waals surface area contributed by atoms with Gasteiger partial charge in [-0.25, -0.2) is 19.9 Å². The summed E-state index contributed by atoms with van der Waals surface area (Å²) in [5, 5.41) is 1.37. The molecule has 0 amide bonds. The van der Waals surface area contributed by atoms with Crippen LogP contribution in [0.15, 0.2) is 36.7 Å². The highest BCUT2D eigenvalue weighted by atomic mass is 15.0. The van der Waals surface area contributed by atoms with E-state index in [2.05, 4.69) is 19.9 Å². The summed E-state index contributed by atoms with van der Waals surface area (Å²) >= 11 is 0. The summed E-state index contributed by atoms with van der Waals surface area (Å²) in [6.45, 7) is 0. The fraction of sp³-hybridized carbons (Fsp3) is 0. The predicted molar refractivity (Wildman–Crippen MR) is 95.7 cm³/mol. The van der Waals surface area contributed by atoms with Crippen LogP contribution in [0.3, 0.4) is 0 Å². The second kappa shape index (κ2) is 4.92. The number of rotatable bonds is 1. The molecule has 118 valence electrons. The number of fused-ring (bicyclic) bond motifs is 2. The van der Waals surface area contributed by atoms with Gasteiger partial charge in [-0.2, -0.15) is 0 Å². The smallest absolute Gasteiger partial charge is 0.164 e. The van der Waals surface area contributed by atoms with Gasteiger partial charge >= 0.3 is 0 Å². The highest BCUT2D eigenvalue weighted by molar-refractivity contribution is 5.99. The van der Waals surface area contributed by atoms with E-state index in [1.54, 1.807) is 24.3 Å². The van der Waals surface area contributed by atoms with E-state index in [-0.39, 0.29) is 0 Å². The minimum atomic E-state index is 0.332. The number of anilines is 4. The van der Waals surface area contributed by atoms with Crippen molar-refractivity contribution >= 4 is 44.8 Å². The standard InChI is InChI=1S/C16H14N8/c17-10-3-1-2-7-13(10)23-16(24-15(7)20)8-4-9-12(5-11(8)18)21-6-22-14(9)19/h1-6H,17-18H2,(H2,19,21,22)(H2,20,23,24). The third kappa shape index (κ3) is 2.01. The Morgan fingerprint density at radius 2 is 1.58 bits per heavy atom. The molecule has 0 bridgehead atoms. The fourth-order valence-corrected chi connectivity index (χ4v) is 2.65. The third-order valence-corrected chi connectivity index (χ3v) is 3.87. The van der Waals surface area contributed by atoms with Crippen molar-refractivity contribution in [3.8, 4) is 11.4 Å². The Bertz CT molecular complexity index is 1110. The van der Waals surface area contributed by atoms with Crippen molar-refractivity contribution < 1.29 is 0 Å². The number of nitrogens with two attached hydrogens (primary N) is 4. The molecule has 0 fully saturated rings. The lowest BCUT2D eigenvalue weighted by Crippen LogP contribution is -2.02.